The van der Waals surface area contributed by atoms with Crippen LogP contribution in [0.1, 0.15) is 17.0 Å². The van der Waals surface area contributed by atoms with Crippen LogP contribution in [0.3, 0.4) is 0 Å². The van der Waals surface area contributed by atoms with Crippen LogP contribution >= 0.6 is 0 Å². The number of aromatic nitrogens is 2. The van der Waals surface area contributed by atoms with E-state index in [1.807, 2.05) is 6.07 Å². The fraction of sp³-hybridized carbons (Fsp3) is 0.211. The maximum Gasteiger partial charge on any atom is 0.228 e. The Bertz CT molecular complexity index is 845. The molecule has 2 aromatic heterocycles. The highest BCUT2D eigenvalue weighted by Gasteiger charge is 2.14. The zero-order valence-electron chi connectivity index (χ0n) is 13.8. The van der Waals surface area contributed by atoms with Crippen LogP contribution in [0.5, 0.6) is 0 Å². The molecule has 0 aliphatic heterocycles. The third-order valence-corrected chi connectivity index (χ3v) is 3.78. The standard InChI is InChI=1S/C19H18FN3O2/c1-13-17(23-19(25-13)15-3-2-9-21-12-15)11-18(24)22-10-8-14-4-6-16(20)7-5-14/h2-7,9,12H,8,10-11H2,1H3,(H,22,24). The predicted octanol–water partition coefficient (Wildman–Crippen LogP) is 3.09. The van der Waals surface area contributed by atoms with E-state index in [4.69, 9.17) is 4.42 Å². The monoisotopic (exact) mass is 339 g/mol. The van der Waals surface area contributed by atoms with Crippen LogP contribution in [-0.4, -0.2) is 22.4 Å². The van der Waals surface area contributed by atoms with Gasteiger partial charge < -0.3 is 9.73 Å². The van der Waals surface area contributed by atoms with E-state index in [1.165, 1.54) is 12.1 Å². The molecule has 0 atom stereocenters. The van der Waals surface area contributed by atoms with Gasteiger partial charge >= 0.3 is 0 Å². The van der Waals surface area contributed by atoms with Crippen LogP contribution in [0, 0.1) is 12.7 Å². The summed E-state index contributed by atoms with van der Waals surface area (Å²) in [6.45, 7) is 2.27. The average Bonchev–Trinajstić information content (AvgIpc) is 2.98. The minimum absolute atomic E-state index is 0.128. The van der Waals surface area contributed by atoms with Crippen molar-refractivity contribution < 1.29 is 13.6 Å². The van der Waals surface area contributed by atoms with Gasteiger partial charge in [-0.05, 0) is 43.2 Å². The highest BCUT2D eigenvalue weighted by molar-refractivity contribution is 5.78. The molecule has 0 bridgehead atoms. The molecule has 1 aromatic carbocycles. The highest BCUT2D eigenvalue weighted by atomic mass is 19.1. The lowest BCUT2D eigenvalue weighted by atomic mass is 10.1. The molecule has 0 fully saturated rings. The van der Waals surface area contributed by atoms with E-state index in [2.05, 4.69) is 15.3 Å². The van der Waals surface area contributed by atoms with Gasteiger partial charge in [0.15, 0.2) is 0 Å². The van der Waals surface area contributed by atoms with E-state index in [9.17, 15) is 9.18 Å². The van der Waals surface area contributed by atoms with E-state index < -0.39 is 0 Å². The zero-order chi connectivity index (χ0) is 17.6. The Morgan fingerprint density at radius 2 is 2.04 bits per heavy atom. The summed E-state index contributed by atoms with van der Waals surface area (Å²) in [6.07, 6.45) is 4.14. The SMILES string of the molecule is Cc1oc(-c2cccnc2)nc1CC(=O)NCCc1ccc(F)cc1. The first kappa shape index (κ1) is 16.8. The molecule has 0 saturated heterocycles. The lowest BCUT2D eigenvalue weighted by molar-refractivity contribution is -0.120. The second kappa shape index (κ2) is 7.70. The third-order valence-electron chi connectivity index (χ3n) is 3.78. The summed E-state index contributed by atoms with van der Waals surface area (Å²) in [5, 5.41) is 2.84. The number of carbonyl (C=O) groups excluding carboxylic acids is 1. The number of pyridine rings is 1. The molecule has 0 aliphatic carbocycles. The highest BCUT2D eigenvalue weighted by Crippen LogP contribution is 2.20. The lowest BCUT2D eigenvalue weighted by Gasteiger charge is -2.04. The number of amides is 1. The van der Waals surface area contributed by atoms with Gasteiger partial charge in [0.05, 0.1) is 17.7 Å². The fourth-order valence-corrected chi connectivity index (χ4v) is 2.42. The number of nitrogens with one attached hydrogen (secondary N) is 1. The first-order valence-electron chi connectivity index (χ1n) is 7.99. The van der Waals surface area contributed by atoms with Crippen LogP contribution in [0.25, 0.3) is 11.5 Å². The van der Waals surface area contributed by atoms with Crippen molar-refractivity contribution in [1.82, 2.24) is 15.3 Å². The van der Waals surface area contributed by atoms with Crippen LogP contribution in [0.15, 0.2) is 53.2 Å². The van der Waals surface area contributed by atoms with Gasteiger partial charge in [0.1, 0.15) is 11.6 Å². The molecular weight excluding hydrogens is 321 g/mol. The van der Waals surface area contributed by atoms with E-state index in [0.717, 1.165) is 11.1 Å². The van der Waals surface area contributed by atoms with E-state index in [-0.39, 0.29) is 18.1 Å². The van der Waals surface area contributed by atoms with Gasteiger partial charge in [-0.3, -0.25) is 9.78 Å². The van der Waals surface area contributed by atoms with Gasteiger partial charge in [-0.1, -0.05) is 12.1 Å². The minimum Gasteiger partial charge on any atom is -0.441 e. The summed E-state index contributed by atoms with van der Waals surface area (Å²) in [4.78, 5) is 20.5. The van der Waals surface area contributed by atoms with Crippen molar-refractivity contribution in [3.05, 3.63) is 71.6 Å². The van der Waals surface area contributed by atoms with Crippen molar-refractivity contribution in [2.75, 3.05) is 6.54 Å². The van der Waals surface area contributed by atoms with Gasteiger partial charge in [-0.2, -0.15) is 0 Å². The van der Waals surface area contributed by atoms with Crippen molar-refractivity contribution in [2.45, 2.75) is 19.8 Å². The first-order valence-corrected chi connectivity index (χ1v) is 7.99. The number of benzene rings is 1. The van der Waals surface area contributed by atoms with E-state index >= 15 is 0 Å². The number of nitrogens with zero attached hydrogens (tertiary/aromatic N) is 2. The molecule has 0 spiro atoms. The molecule has 25 heavy (non-hydrogen) atoms. The molecule has 3 rings (SSSR count). The molecule has 0 aliphatic rings. The molecule has 128 valence electrons. The summed E-state index contributed by atoms with van der Waals surface area (Å²) in [5.41, 5.74) is 2.35. The van der Waals surface area contributed by atoms with Crippen molar-refractivity contribution >= 4 is 5.91 Å². The molecule has 2 heterocycles. The smallest absolute Gasteiger partial charge is 0.228 e. The number of rotatable bonds is 6. The summed E-state index contributed by atoms with van der Waals surface area (Å²) >= 11 is 0. The molecule has 0 radical (unpaired) electrons. The van der Waals surface area contributed by atoms with Gasteiger partial charge in [0, 0.05) is 18.9 Å². The lowest BCUT2D eigenvalue weighted by Crippen LogP contribution is -2.27. The second-order valence-corrected chi connectivity index (χ2v) is 5.67. The fourth-order valence-electron chi connectivity index (χ4n) is 2.42. The summed E-state index contributed by atoms with van der Waals surface area (Å²) in [6, 6.07) is 9.90. The topological polar surface area (TPSA) is 68.0 Å². The van der Waals surface area contributed by atoms with Gasteiger partial charge in [0.2, 0.25) is 11.8 Å². The quantitative estimate of drug-likeness (QED) is 0.749. The molecule has 1 N–H and O–H groups in total. The minimum atomic E-state index is -0.265. The zero-order valence-corrected chi connectivity index (χ0v) is 13.8. The van der Waals surface area contributed by atoms with Crippen LogP contribution in [0.4, 0.5) is 4.39 Å². The largest absolute Gasteiger partial charge is 0.441 e. The predicted molar refractivity (Wildman–Crippen MR) is 91.3 cm³/mol. The molecule has 5 nitrogen and oxygen atoms in total. The van der Waals surface area contributed by atoms with Crippen molar-refractivity contribution in [1.29, 1.82) is 0 Å². The Labute approximate surface area is 144 Å². The maximum atomic E-state index is 12.9. The summed E-state index contributed by atoms with van der Waals surface area (Å²) in [5.74, 6) is 0.683. The third kappa shape index (κ3) is 4.50. The maximum absolute atomic E-state index is 12.9. The molecule has 6 heteroatoms. The molecule has 0 saturated carbocycles. The van der Waals surface area contributed by atoms with Crippen LogP contribution in [-0.2, 0) is 17.6 Å². The number of oxazole rings is 1. The van der Waals surface area contributed by atoms with Crippen molar-refractivity contribution in [2.24, 2.45) is 0 Å². The van der Waals surface area contributed by atoms with Gasteiger partial charge in [-0.25, -0.2) is 9.37 Å². The average molecular weight is 339 g/mol. The Hall–Kier alpha value is -3.02. The van der Waals surface area contributed by atoms with E-state index in [0.29, 0.717) is 30.3 Å². The van der Waals surface area contributed by atoms with Crippen molar-refractivity contribution in [3.63, 3.8) is 0 Å². The Kier molecular flexibility index (Phi) is 5.18. The van der Waals surface area contributed by atoms with Crippen LogP contribution in [0.2, 0.25) is 0 Å². The molecular formula is C19H18FN3O2. The number of carbonyl (C=O) groups is 1. The van der Waals surface area contributed by atoms with Crippen molar-refractivity contribution in [3.8, 4) is 11.5 Å². The Morgan fingerprint density at radius 1 is 1.24 bits per heavy atom. The second-order valence-electron chi connectivity index (χ2n) is 5.67. The van der Waals surface area contributed by atoms with Crippen LogP contribution < -0.4 is 5.32 Å². The summed E-state index contributed by atoms with van der Waals surface area (Å²) in [7, 11) is 0. The number of aryl methyl sites for hydroxylation is 1. The summed E-state index contributed by atoms with van der Waals surface area (Å²) < 4.78 is 18.5. The number of hydrogen-bond donors (Lipinski definition) is 1. The van der Waals surface area contributed by atoms with E-state index in [1.54, 1.807) is 37.5 Å². The molecule has 3 aromatic rings. The molecule has 1 amide bonds. The van der Waals surface area contributed by atoms with Gasteiger partial charge in [0.25, 0.3) is 0 Å². The Morgan fingerprint density at radius 3 is 2.76 bits per heavy atom. The Balaban J connectivity index is 1.54. The van der Waals surface area contributed by atoms with Gasteiger partial charge in [-0.15, -0.1) is 0 Å². The normalized spacial score (nSPS) is 10.6. The number of halogens is 1. The molecule has 0 unspecified atom stereocenters. The first-order chi connectivity index (χ1) is 12.1. The number of hydrogen-bond acceptors (Lipinski definition) is 4.